The molecule has 1 atom stereocenters. The lowest BCUT2D eigenvalue weighted by Gasteiger charge is -2.22. The molecule has 5 heteroatoms. The van der Waals surface area contributed by atoms with Crippen LogP contribution in [0.2, 0.25) is 0 Å². The van der Waals surface area contributed by atoms with Crippen molar-refractivity contribution in [2.24, 2.45) is 0 Å². The first kappa shape index (κ1) is 14.0. The van der Waals surface area contributed by atoms with Crippen molar-refractivity contribution in [1.29, 1.82) is 0 Å². The van der Waals surface area contributed by atoms with Gasteiger partial charge in [0.25, 0.3) is 5.56 Å². The molecule has 0 saturated carbocycles. The smallest absolute Gasteiger partial charge is 0.252 e. The Hall–Kier alpha value is -0.450. The highest BCUT2D eigenvalue weighted by Crippen LogP contribution is 2.35. The molecule has 0 aliphatic carbocycles. The molecule has 3 rings (SSSR count). The number of fused-ring (bicyclic) bond motifs is 1. The van der Waals surface area contributed by atoms with E-state index in [1.807, 2.05) is 0 Å². The van der Waals surface area contributed by atoms with Crippen molar-refractivity contribution in [3.05, 3.63) is 27.5 Å². The predicted octanol–water partition coefficient (Wildman–Crippen LogP) is 2.30. The fraction of sp³-hybridized carbons (Fsp3) is 0.615. The average molecular weight is 287 g/mol. The summed E-state index contributed by atoms with van der Waals surface area (Å²) in [4.78, 5) is 15.2. The van der Waals surface area contributed by atoms with Crippen molar-refractivity contribution < 1.29 is 0 Å². The fourth-order valence-corrected chi connectivity index (χ4v) is 3.93. The Morgan fingerprint density at radius 2 is 2.06 bits per heavy atom. The monoisotopic (exact) mass is 286 g/mol. The zero-order valence-corrected chi connectivity index (χ0v) is 12.1. The highest BCUT2D eigenvalue weighted by molar-refractivity contribution is 8.00. The molecule has 0 amide bonds. The van der Waals surface area contributed by atoms with Crippen LogP contribution < -0.4 is 10.9 Å². The van der Waals surface area contributed by atoms with Crippen LogP contribution in [0, 0.1) is 0 Å². The first-order chi connectivity index (χ1) is 8.24. The summed E-state index contributed by atoms with van der Waals surface area (Å²) >= 11 is 1.79. The summed E-state index contributed by atoms with van der Waals surface area (Å²) in [6, 6.07) is 2.17. The number of piperidine rings is 1. The molecule has 1 unspecified atom stereocenters. The maximum absolute atomic E-state index is 12.1. The molecule has 2 aliphatic heterocycles. The van der Waals surface area contributed by atoms with Crippen LogP contribution in [0.25, 0.3) is 0 Å². The normalized spacial score (nSPS) is 23.5. The minimum Gasteiger partial charge on any atom is -0.317 e. The number of aromatic nitrogens is 1. The lowest BCUT2D eigenvalue weighted by Crippen LogP contribution is -2.29. The summed E-state index contributed by atoms with van der Waals surface area (Å²) in [7, 11) is 0. The summed E-state index contributed by atoms with van der Waals surface area (Å²) in [5, 5.41) is 5.05. The van der Waals surface area contributed by atoms with Crippen LogP contribution in [0.5, 0.6) is 0 Å². The third-order valence-electron chi connectivity index (χ3n) is 3.72. The van der Waals surface area contributed by atoms with Gasteiger partial charge >= 0.3 is 0 Å². The van der Waals surface area contributed by atoms with Crippen LogP contribution >= 0.6 is 24.2 Å². The number of nitrogens with one attached hydrogen (secondary N) is 2. The number of hydrogen-bond acceptors (Lipinski definition) is 3. The van der Waals surface area contributed by atoms with E-state index in [-0.39, 0.29) is 18.0 Å². The third kappa shape index (κ3) is 2.60. The highest BCUT2D eigenvalue weighted by Gasteiger charge is 2.24. The second-order valence-electron chi connectivity index (χ2n) is 5.07. The van der Waals surface area contributed by atoms with Gasteiger partial charge in [-0.25, -0.2) is 0 Å². The SMILES string of the molecule is CC1Cc2cc(C3CCNCC3)c(=O)[nH]c2S1.Cl. The van der Waals surface area contributed by atoms with Gasteiger partial charge in [0.1, 0.15) is 0 Å². The molecule has 1 fully saturated rings. The van der Waals surface area contributed by atoms with Crippen molar-refractivity contribution in [1.82, 2.24) is 10.3 Å². The molecule has 0 bridgehead atoms. The summed E-state index contributed by atoms with van der Waals surface area (Å²) in [6.07, 6.45) is 3.27. The Balaban J connectivity index is 0.00000120. The van der Waals surface area contributed by atoms with Crippen LogP contribution in [-0.2, 0) is 6.42 Å². The number of thioether (sulfide) groups is 1. The third-order valence-corrected chi connectivity index (χ3v) is 4.89. The van der Waals surface area contributed by atoms with E-state index >= 15 is 0 Å². The van der Waals surface area contributed by atoms with Crippen molar-refractivity contribution in [2.45, 2.75) is 42.4 Å². The Kier molecular flexibility index (Phi) is 4.41. The van der Waals surface area contributed by atoms with E-state index in [0.717, 1.165) is 42.9 Å². The Morgan fingerprint density at radius 3 is 2.78 bits per heavy atom. The van der Waals surface area contributed by atoms with E-state index in [4.69, 9.17) is 0 Å². The van der Waals surface area contributed by atoms with Crippen molar-refractivity contribution >= 4 is 24.2 Å². The molecule has 0 aromatic carbocycles. The lowest BCUT2D eigenvalue weighted by atomic mass is 9.90. The number of H-pyrrole nitrogens is 1. The number of hydrogen-bond donors (Lipinski definition) is 2. The van der Waals surface area contributed by atoms with Crippen LogP contribution in [0.1, 0.15) is 36.8 Å². The summed E-state index contributed by atoms with van der Waals surface area (Å²) < 4.78 is 0. The van der Waals surface area contributed by atoms with Gasteiger partial charge in [0.05, 0.1) is 5.03 Å². The van der Waals surface area contributed by atoms with Crippen LogP contribution in [-0.4, -0.2) is 23.3 Å². The Bertz CT molecular complexity index is 482. The number of halogens is 1. The maximum Gasteiger partial charge on any atom is 0.252 e. The van der Waals surface area contributed by atoms with Gasteiger partial charge in [-0.15, -0.1) is 24.2 Å². The standard InChI is InChI=1S/C13H18N2OS.ClH/c1-8-6-10-7-11(9-2-4-14-5-3-9)12(16)15-13(10)17-8;/h7-9,14H,2-6H2,1H3,(H,15,16);1H. The first-order valence-electron chi connectivity index (χ1n) is 6.37. The molecular weight excluding hydrogens is 268 g/mol. The zero-order chi connectivity index (χ0) is 11.8. The van der Waals surface area contributed by atoms with E-state index in [0.29, 0.717) is 11.2 Å². The van der Waals surface area contributed by atoms with Gasteiger partial charge in [0.2, 0.25) is 0 Å². The molecule has 3 nitrogen and oxygen atoms in total. The van der Waals surface area contributed by atoms with Gasteiger partial charge in [-0.1, -0.05) is 6.92 Å². The molecule has 1 saturated heterocycles. The number of aromatic amines is 1. The molecule has 3 heterocycles. The number of pyridine rings is 1. The van der Waals surface area contributed by atoms with E-state index < -0.39 is 0 Å². The fourth-order valence-electron chi connectivity index (χ4n) is 2.82. The van der Waals surface area contributed by atoms with Gasteiger partial charge < -0.3 is 10.3 Å². The lowest BCUT2D eigenvalue weighted by molar-refractivity contribution is 0.457. The van der Waals surface area contributed by atoms with Gasteiger partial charge in [-0.05, 0) is 49.9 Å². The Morgan fingerprint density at radius 1 is 1.33 bits per heavy atom. The summed E-state index contributed by atoms with van der Waals surface area (Å²) in [6.45, 7) is 4.28. The molecule has 1 aromatic rings. The van der Waals surface area contributed by atoms with Crippen LogP contribution in [0.15, 0.2) is 15.9 Å². The van der Waals surface area contributed by atoms with Gasteiger partial charge in [0, 0.05) is 10.8 Å². The van der Waals surface area contributed by atoms with Crippen LogP contribution in [0.4, 0.5) is 0 Å². The quantitative estimate of drug-likeness (QED) is 0.833. The minimum atomic E-state index is 0. The zero-order valence-electron chi connectivity index (χ0n) is 10.5. The molecule has 2 N–H and O–H groups in total. The molecular formula is C13H19ClN2OS. The highest BCUT2D eigenvalue weighted by atomic mass is 35.5. The van der Waals surface area contributed by atoms with Crippen molar-refractivity contribution in [3.63, 3.8) is 0 Å². The van der Waals surface area contributed by atoms with Crippen LogP contribution in [0.3, 0.4) is 0 Å². The Labute approximate surface area is 118 Å². The largest absolute Gasteiger partial charge is 0.317 e. The molecule has 18 heavy (non-hydrogen) atoms. The van der Waals surface area contributed by atoms with Crippen molar-refractivity contribution in [3.8, 4) is 0 Å². The molecule has 2 aliphatic rings. The molecule has 0 radical (unpaired) electrons. The molecule has 0 spiro atoms. The van der Waals surface area contributed by atoms with Gasteiger partial charge in [-0.2, -0.15) is 0 Å². The van der Waals surface area contributed by atoms with Crippen molar-refractivity contribution in [2.75, 3.05) is 13.1 Å². The van der Waals surface area contributed by atoms with E-state index in [1.165, 1.54) is 5.56 Å². The van der Waals surface area contributed by atoms with Gasteiger partial charge in [-0.3, -0.25) is 4.79 Å². The second kappa shape index (κ2) is 5.68. The van der Waals surface area contributed by atoms with E-state index in [9.17, 15) is 4.79 Å². The first-order valence-corrected chi connectivity index (χ1v) is 7.25. The molecule has 100 valence electrons. The minimum absolute atomic E-state index is 0. The molecule has 1 aromatic heterocycles. The average Bonchev–Trinajstić information content (AvgIpc) is 2.68. The maximum atomic E-state index is 12.1. The number of rotatable bonds is 1. The van der Waals surface area contributed by atoms with Gasteiger partial charge in [0.15, 0.2) is 0 Å². The topological polar surface area (TPSA) is 44.9 Å². The summed E-state index contributed by atoms with van der Waals surface area (Å²) in [5.41, 5.74) is 2.49. The predicted molar refractivity (Wildman–Crippen MR) is 78.2 cm³/mol. The second-order valence-corrected chi connectivity index (χ2v) is 6.51. The summed E-state index contributed by atoms with van der Waals surface area (Å²) in [5.74, 6) is 0.450. The van der Waals surface area contributed by atoms with E-state index in [2.05, 4.69) is 23.3 Å². The van der Waals surface area contributed by atoms with E-state index in [1.54, 1.807) is 11.8 Å².